The van der Waals surface area contributed by atoms with Gasteiger partial charge < -0.3 is 0 Å². The van der Waals surface area contributed by atoms with Crippen LogP contribution < -0.4 is 0 Å². The quantitative estimate of drug-likeness (QED) is 0.251. The fraction of sp³-hybridized carbons (Fsp3) is 0. The summed E-state index contributed by atoms with van der Waals surface area (Å²) in [5.41, 5.74) is 9.07. The zero-order valence-corrected chi connectivity index (χ0v) is 18.7. The van der Waals surface area contributed by atoms with Crippen molar-refractivity contribution in [2.24, 2.45) is 0 Å². The van der Waals surface area contributed by atoms with E-state index in [0.717, 1.165) is 22.3 Å². The molecule has 1 aromatic heterocycles. The van der Waals surface area contributed by atoms with E-state index in [-0.39, 0.29) is 0 Å². The summed E-state index contributed by atoms with van der Waals surface area (Å²) < 4.78 is 6.45. The van der Waals surface area contributed by atoms with Gasteiger partial charge in [0.1, 0.15) is 0 Å². The second kappa shape index (κ2) is 8.80. The van der Waals surface area contributed by atoms with E-state index in [2.05, 4.69) is 127 Å². The minimum Gasteiger partial charge on any atom is -0.207 e. The molecule has 0 unspecified atom stereocenters. The maximum absolute atomic E-state index is 6.45. The Hall–Kier alpha value is -4.49. The van der Waals surface area contributed by atoms with Crippen LogP contribution in [0, 0.1) is 0 Å². The predicted molar refractivity (Wildman–Crippen MR) is 142 cm³/mol. The van der Waals surface area contributed by atoms with E-state index in [0.29, 0.717) is 0 Å². The van der Waals surface area contributed by atoms with Gasteiger partial charge in [-0.1, -0.05) is 103 Å². The molecule has 0 bridgehead atoms. The number of hydrogen-bond donors (Lipinski definition) is 0. The summed E-state index contributed by atoms with van der Waals surface area (Å²) in [4.78, 5) is 0. The molecule has 1 nitrogen and oxygen atoms in total. The van der Waals surface area contributed by atoms with E-state index in [1.807, 2.05) is 12.1 Å². The van der Waals surface area contributed by atoms with Gasteiger partial charge in [-0.2, -0.15) is 0 Å². The van der Waals surface area contributed by atoms with E-state index in [1.54, 1.807) is 0 Å². The Balaban J connectivity index is 1.50. The summed E-state index contributed by atoms with van der Waals surface area (Å²) in [5.74, 6) is 0.860. The van der Waals surface area contributed by atoms with Crippen molar-refractivity contribution in [3.05, 3.63) is 140 Å². The zero-order valence-electron chi connectivity index (χ0n) is 18.7. The molecule has 34 heavy (non-hydrogen) atoms. The highest BCUT2D eigenvalue weighted by molar-refractivity contribution is 5.97. The molecule has 5 aromatic carbocycles. The van der Waals surface area contributed by atoms with Crippen LogP contribution in [0.5, 0.6) is 0 Å². The number of benzene rings is 5. The normalized spacial score (nSPS) is 10.9. The van der Waals surface area contributed by atoms with Gasteiger partial charge in [0.2, 0.25) is 0 Å². The maximum Gasteiger partial charge on any atom is 0.361 e. The molecule has 1 heterocycles. The van der Waals surface area contributed by atoms with Crippen molar-refractivity contribution in [3.63, 3.8) is 0 Å². The fourth-order valence-corrected chi connectivity index (χ4v) is 4.45. The van der Waals surface area contributed by atoms with Crippen LogP contribution in [0.25, 0.3) is 55.7 Å². The largest absolute Gasteiger partial charge is 0.361 e. The van der Waals surface area contributed by atoms with Crippen LogP contribution >= 0.6 is 0 Å². The third kappa shape index (κ3) is 3.89. The van der Waals surface area contributed by atoms with Crippen molar-refractivity contribution in [2.75, 3.05) is 0 Å². The lowest BCUT2D eigenvalue weighted by molar-refractivity contribution is 0.620. The summed E-state index contributed by atoms with van der Waals surface area (Å²) in [6, 6.07) is 48.7. The van der Waals surface area contributed by atoms with Crippen LogP contribution in [0.4, 0.5) is 0 Å². The van der Waals surface area contributed by atoms with Crippen molar-refractivity contribution in [3.8, 4) is 44.7 Å². The Labute approximate surface area is 199 Å². The van der Waals surface area contributed by atoms with Gasteiger partial charge in [0, 0.05) is 11.6 Å². The van der Waals surface area contributed by atoms with Gasteiger partial charge in [-0.05, 0) is 52.1 Å². The summed E-state index contributed by atoms with van der Waals surface area (Å²) in [6.07, 6.45) is 0. The molecular formula is C33H23O+. The number of hydrogen-bond acceptors (Lipinski definition) is 0. The highest BCUT2D eigenvalue weighted by atomic mass is 16.3. The third-order valence-electron chi connectivity index (χ3n) is 6.23. The third-order valence-corrected chi connectivity index (χ3v) is 6.23. The van der Waals surface area contributed by atoms with Crippen LogP contribution in [0.3, 0.4) is 0 Å². The Morgan fingerprint density at radius 1 is 0.353 bits per heavy atom. The van der Waals surface area contributed by atoms with Crippen LogP contribution in [0.2, 0.25) is 0 Å². The first-order valence-corrected chi connectivity index (χ1v) is 11.5. The van der Waals surface area contributed by atoms with Crippen molar-refractivity contribution < 1.29 is 4.42 Å². The monoisotopic (exact) mass is 435 g/mol. The Morgan fingerprint density at radius 3 is 1.44 bits per heavy atom. The predicted octanol–water partition coefficient (Wildman–Crippen LogP) is 9.38. The van der Waals surface area contributed by atoms with Crippen molar-refractivity contribution in [1.82, 2.24) is 0 Å². The molecule has 0 radical (unpaired) electrons. The Kier molecular flexibility index (Phi) is 5.21. The van der Waals surface area contributed by atoms with E-state index in [9.17, 15) is 0 Å². The Bertz CT molecular complexity index is 1550. The standard InChI is InChI=1S/C33H23O/c1-4-10-24(11-5-1)26-16-18-28(19-17-26)33-23-30(27-14-8-3-9-15-27)31-22-29(20-21-32(31)34-33)25-12-6-2-7-13-25/h1-23H/q+1. The molecule has 6 rings (SSSR count). The van der Waals surface area contributed by atoms with E-state index >= 15 is 0 Å². The molecule has 0 fully saturated rings. The highest BCUT2D eigenvalue weighted by Crippen LogP contribution is 2.37. The lowest BCUT2D eigenvalue weighted by Gasteiger charge is -2.07. The van der Waals surface area contributed by atoms with E-state index in [4.69, 9.17) is 4.42 Å². The van der Waals surface area contributed by atoms with Gasteiger partial charge in [-0.3, -0.25) is 0 Å². The van der Waals surface area contributed by atoms with Gasteiger partial charge in [0.25, 0.3) is 0 Å². The molecule has 0 saturated carbocycles. The Morgan fingerprint density at radius 2 is 0.824 bits per heavy atom. The van der Waals surface area contributed by atoms with Crippen molar-refractivity contribution in [1.29, 1.82) is 0 Å². The molecule has 0 aliphatic carbocycles. The average Bonchev–Trinajstić information content (AvgIpc) is 2.94. The summed E-state index contributed by atoms with van der Waals surface area (Å²) in [7, 11) is 0. The lowest BCUT2D eigenvalue weighted by atomic mass is 9.96. The second-order valence-corrected chi connectivity index (χ2v) is 8.41. The number of rotatable bonds is 4. The highest BCUT2D eigenvalue weighted by Gasteiger charge is 2.21. The van der Waals surface area contributed by atoms with Crippen LogP contribution in [-0.4, -0.2) is 0 Å². The zero-order chi connectivity index (χ0) is 22.7. The molecule has 1 heteroatoms. The SMILES string of the molecule is c1ccc(-c2ccc(-c3cc(-c4ccccc4)c4cc(-c5ccccc5)ccc4[o+]3)cc2)cc1. The molecule has 0 aliphatic rings. The van der Waals surface area contributed by atoms with Crippen molar-refractivity contribution >= 4 is 11.0 Å². The molecule has 0 aliphatic heterocycles. The molecule has 160 valence electrons. The summed E-state index contributed by atoms with van der Waals surface area (Å²) in [5, 5.41) is 1.11. The molecule has 6 aromatic rings. The minimum absolute atomic E-state index is 0.860. The molecular weight excluding hydrogens is 412 g/mol. The first-order valence-electron chi connectivity index (χ1n) is 11.5. The van der Waals surface area contributed by atoms with Gasteiger partial charge in [0.15, 0.2) is 0 Å². The minimum atomic E-state index is 0.860. The second-order valence-electron chi connectivity index (χ2n) is 8.41. The van der Waals surface area contributed by atoms with Gasteiger partial charge in [0.05, 0.1) is 17.0 Å². The van der Waals surface area contributed by atoms with E-state index < -0.39 is 0 Å². The fourth-order valence-electron chi connectivity index (χ4n) is 4.45. The van der Waals surface area contributed by atoms with Gasteiger partial charge >= 0.3 is 11.3 Å². The molecule has 0 saturated heterocycles. The van der Waals surface area contributed by atoms with Gasteiger partial charge in [-0.15, -0.1) is 0 Å². The lowest BCUT2D eigenvalue weighted by Crippen LogP contribution is -1.87. The molecule has 0 amide bonds. The number of fused-ring (bicyclic) bond motifs is 1. The first kappa shape index (κ1) is 20.1. The molecule has 0 N–H and O–H groups in total. The smallest absolute Gasteiger partial charge is 0.207 e. The van der Waals surface area contributed by atoms with Crippen LogP contribution in [0.1, 0.15) is 0 Å². The van der Waals surface area contributed by atoms with Crippen LogP contribution in [-0.2, 0) is 0 Å². The summed E-state index contributed by atoms with van der Waals surface area (Å²) >= 11 is 0. The topological polar surface area (TPSA) is 11.3 Å². The maximum atomic E-state index is 6.45. The summed E-state index contributed by atoms with van der Waals surface area (Å²) in [6.45, 7) is 0. The molecule has 0 spiro atoms. The van der Waals surface area contributed by atoms with Crippen molar-refractivity contribution in [2.45, 2.75) is 0 Å². The average molecular weight is 436 g/mol. The van der Waals surface area contributed by atoms with Crippen LogP contribution in [0.15, 0.2) is 144 Å². The first-order chi connectivity index (χ1) is 16.8. The van der Waals surface area contributed by atoms with E-state index in [1.165, 1.54) is 33.4 Å². The van der Waals surface area contributed by atoms with Gasteiger partial charge in [-0.25, -0.2) is 4.42 Å². The molecule has 0 atom stereocenters.